The van der Waals surface area contributed by atoms with Crippen LogP contribution in [0, 0.1) is 23.7 Å². The average Bonchev–Trinajstić information content (AvgIpc) is 2.80. The molecule has 0 heterocycles. The van der Waals surface area contributed by atoms with E-state index in [0.29, 0.717) is 11.3 Å². The van der Waals surface area contributed by atoms with Gasteiger partial charge in [0.05, 0.1) is 17.5 Å². The van der Waals surface area contributed by atoms with Crippen molar-refractivity contribution < 1.29 is 39.0 Å². The normalized spacial score (nSPS) is 30.4. The lowest BCUT2D eigenvalue weighted by Gasteiger charge is -2.52. The first-order chi connectivity index (χ1) is 17.6. The molecule has 0 saturated heterocycles. The Bertz CT molecular complexity index is 1290. The lowest BCUT2D eigenvalue weighted by atomic mass is 9.52. The maximum atomic E-state index is 13.9. The number of benzene rings is 1. The molecule has 1 aromatic rings. The van der Waals surface area contributed by atoms with Crippen LogP contribution in [0.2, 0.25) is 0 Å². The molecule has 204 valence electrons. The van der Waals surface area contributed by atoms with Crippen LogP contribution < -0.4 is 16.0 Å². The summed E-state index contributed by atoms with van der Waals surface area (Å²) in [6, 6.07) is 0.505. The van der Waals surface area contributed by atoms with Crippen LogP contribution in [0.4, 0.5) is 5.69 Å². The van der Waals surface area contributed by atoms with E-state index in [1.807, 2.05) is 0 Å². The second kappa shape index (κ2) is 9.28. The molecule has 5 N–H and O–H groups in total. The number of ketones is 4. The largest absolute Gasteiger partial charge is 0.507 e. The number of anilines is 1. The first kappa shape index (κ1) is 27.4. The highest BCUT2D eigenvalue weighted by atomic mass is 16.3. The number of likely N-dealkylation sites (N-methyl/N-ethyl adjacent to an activating group) is 1. The maximum Gasteiger partial charge on any atom is 0.235 e. The van der Waals surface area contributed by atoms with Crippen molar-refractivity contribution in [1.29, 1.82) is 0 Å². The van der Waals surface area contributed by atoms with Gasteiger partial charge in [0.1, 0.15) is 5.75 Å². The molecule has 12 nitrogen and oxygen atoms in total. The number of phenolic OH excluding ortho intramolecular Hbond substituents is 1. The zero-order valence-corrected chi connectivity index (χ0v) is 21.9. The predicted octanol–water partition coefficient (Wildman–Crippen LogP) is -1.43. The molecule has 38 heavy (non-hydrogen) atoms. The summed E-state index contributed by atoms with van der Waals surface area (Å²) >= 11 is 0. The number of nitrogens with two attached hydrogens (primary N) is 1. The molecule has 4 rings (SSSR count). The molecule has 0 spiro atoms. The number of hydrogen-bond donors (Lipinski definition) is 4. The first-order valence-corrected chi connectivity index (χ1v) is 12.3. The van der Waals surface area contributed by atoms with E-state index in [2.05, 4.69) is 5.32 Å². The molecule has 12 heteroatoms. The molecule has 0 aromatic heterocycles. The number of rotatable bonds is 5. The fourth-order valence-corrected chi connectivity index (χ4v) is 6.46. The Morgan fingerprint density at radius 2 is 1.76 bits per heavy atom. The van der Waals surface area contributed by atoms with Crippen molar-refractivity contribution >= 4 is 40.6 Å². The number of fused-ring (bicyclic) bond motifs is 3. The third-order valence-corrected chi connectivity index (χ3v) is 8.13. The van der Waals surface area contributed by atoms with E-state index in [1.165, 1.54) is 25.9 Å². The molecule has 1 aromatic carbocycles. The van der Waals surface area contributed by atoms with Gasteiger partial charge in [-0.15, -0.1) is 0 Å². The van der Waals surface area contributed by atoms with Crippen LogP contribution in [-0.4, -0.2) is 89.9 Å². The first-order valence-electron chi connectivity index (χ1n) is 12.3. The van der Waals surface area contributed by atoms with Crippen molar-refractivity contribution in [2.45, 2.75) is 38.0 Å². The van der Waals surface area contributed by atoms with Crippen LogP contribution in [0.3, 0.4) is 0 Å². The van der Waals surface area contributed by atoms with E-state index in [4.69, 9.17) is 5.73 Å². The summed E-state index contributed by atoms with van der Waals surface area (Å²) in [5, 5.41) is 25.3. The smallest absolute Gasteiger partial charge is 0.235 e. The zero-order valence-electron chi connectivity index (χ0n) is 21.9. The number of aliphatic hydroxyl groups is 1. The highest BCUT2D eigenvalue weighted by molar-refractivity contribution is 6.32. The van der Waals surface area contributed by atoms with E-state index < -0.39 is 70.1 Å². The van der Waals surface area contributed by atoms with E-state index in [-0.39, 0.29) is 36.4 Å². The minimum atomic E-state index is -2.77. The molecule has 2 saturated carbocycles. The van der Waals surface area contributed by atoms with Gasteiger partial charge in [-0.3, -0.25) is 33.7 Å². The summed E-state index contributed by atoms with van der Waals surface area (Å²) in [6.07, 6.45) is 0.137. The van der Waals surface area contributed by atoms with Gasteiger partial charge in [-0.2, -0.15) is 0 Å². The van der Waals surface area contributed by atoms with Crippen LogP contribution in [0.5, 0.6) is 5.75 Å². The second-order valence-corrected chi connectivity index (χ2v) is 10.9. The lowest BCUT2D eigenvalue weighted by Crippen LogP contribution is -2.74. The molecule has 3 unspecified atom stereocenters. The van der Waals surface area contributed by atoms with Gasteiger partial charge in [0.15, 0.2) is 34.7 Å². The number of phenols is 1. The molecule has 0 radical (unpaired) electrons. The monoisotopic (exact) mass is 528 g/mol. The predicted molar refractivity (Wildman–Crippen MR) is 133 cm³/mol. The van der Waals surface area contributed by atoms with Crippen molar-refractivity contribution in [1.82, 2.24) is 10.2 Å². The van der Waals surface area contributed by atoms with Gasteiger partial charge >= 0.3 is 0 Å². The highest BCUT2D eigenvalue weighted by Gasteiger charge is 2.69. The molecular formula is C26H32N4O8. The Labute approximate surface area is 219 Å². The molecule has 2 amide bonds. The molecule has 2 fully saturated rings. The topological polar surface area (TPSA) is 187 Å². The maximum absolute atomic E-state index is 13.9. The molecular weight excluding hydrogens is 496 g/mol. The number of carbonyl (C=O) groups excluding carboxylic acids is 6. The molecule has 0 aliphatic heterocycles. The van der Waals surface area contributed by atoms with Crippen molar-refractivity contribution in [3.8, 4) is 5.75 Å². The average molecular weight is 529 g/mol. The molecule has 3 aliphatic carbocycles. The number of primary amides is 1. The Hall–Kier alpha value is -3.64. The standard InChI is InChI=1S/C26H32N4O8/c1-10(31)28-9-12-8-15(29(2)3)13-6-11-7-14-19(30(4)5)22(34)18(25(27)37)24(36)26(14,38)23(35)16(11)21(33)17(13)20(12)32/h8,11,14,16,18-19,32,38H,6-7,9H2,1-5H3,(H2,27,37)(H,28,31)/t11-,14-,16?,18?,19?,26-/m0/s1. The van der Waals surface area contributed by atoms with Crippen LogP contribution in [0.25, 0.3) is 0 Å². The SMILES string of the molecule is CC(=O)NCc1cc(N(C)C)c2c(c1O)C(=O)C1C(=O)[C@]3(O)C(=O)C(C(N)=O)C(=O)C(N(C)C)[C@@H]3C[C@@H]1C2. The number of hydrogen-bond acceptors (Lipinski definition) is 10. The quantitative estimate of drug-likeness (QED) is 0.330. The van der Waals surface area contributed by atoms with Gasteiger partial charge in [0.25, 0.3) is 0 Å². The van der Waals surface area contributed by atoms with Crippen LogP contribution in [0.15, 0.2) is 6.07 Å². The van der Waals surface area contributed by atoms with Gasteiger partial charge < -0.3 is 26.2 Å². The summed E-state index contributed by atoms with van der Waals surface area (Å²) < 4.78 is 0. The minimum Gasteiger partial charge on any atom is -0.507 e. The van der Waals surface area contributed by atoms with Gasteiger partial charge in [0.2, 0.25) is 11.8 Å². The van der Waals surface area contributed by atoms with Gasteiger partial charge in [-0.1, -0.05) is 0 Å². The highest BCUT2D eigenvalue weighted by Crippen LogP contribution is 2.52. The third-order valence-electron chi connectivity index (χ3n) is 8.13. The Kier molecular flexibility index (Phi) is 6.69. The minimum absolute atomic E-state index is 0.0226. The Morgan fingerprint density at radius 1 is 1.13 bits per heavy atom. The van der Waals surface area contributed by atoms with Crippen LogP contribution >= 0.6 is 0 Å². The van der Waals surface area contributed by atoms with Gasteiger partial charge in [0, 0.05) is 44.7 Å². The number of carbonyl (C=O) groups is 6. The van der Waals surface area contributed by atoms with E-state index in [0.717, 1.165) is 0 Å². The van der Waals surface area contributed by atoms with E-state index in [9.17, 15) is 39.0 Å². The number of Topliss-reactive ketones (excluding diaryl/α,β-unsaturated/α-hetero) is 4. The van der Waals surface area contributed by atoms with E-state index >= 15 is 0 Å². The number of aromatic hydroxyl groups is 1. The van der Waals surface area contributed by atoms with Crippen LogP contribution in [-0.2, 0) is 36.9 Å². The number of amides is 2. The fourth-order valence-electron chi connectivity index (χ4n) is 6.46. The summed E-state index contributed by atoms with van der Waals surface area (Å²) in [4.78, 5) is 81.0. The molecule has 6 atom stereocenters. The summed E-state index contributed by atoms with van der Waals surface area (Å²) in [6.45, 7) is 1.24. The lowest BCUT2D eigenvalue weighted by molar-refractivity contribution is -0.181. The number of nitrogens with zero attached hydrogens (tertiary/aromatic N) is 2. The molecule has 3 aliphatic rings. The summed E-state index contributed by atoms with van der Waals surface area (Å²) in [5.74, 6) is -11.3. The fraction of sp³-hybridized carbons (Fsp3) is 0.538. The van der Waals surface area contributed by atoms with Gasteiger partial charge in [-0.25, -0.2) is 0 Å². The van der Waals surface area contributed by atoms with Crippen molar-refractivity contribution in [3.05, 3.63) is 22.8 Å². The van der Waals surface area contributed by atoms with Gasteiger partial charge in [-0.05, 0) is 44.5 Å². The van der Waals surface area contributed by atoms with Crippen molar-refractivity contribution in [2.24, 2.45) is 29.4 Å². The third kappa shape index (κ3) is 3.81. The number of nitrogens with one attached hydrogen (secondary N) is 1. The summed E-state index contributed by atoms with van der Waals surface area (Å²) in [7, 11) is 6.57. The zero-order chi connectivity index (χ0) is 28.4. The Balaban J connectivity index is 1.88. The molecule has 0 bridgehead atoms. The van der Waals surface area contributed by atoms with Crippen molar-refractivity contribution in [3.63, 3.8) is 0 Å². The Morgan fingerprint density at radius 3 is 2.29 bits per heavy atom. The van der Waals surface area contributed by atoms with Crippen molar-refractivity contribution in [2.75, 3.05) is 33.1 Å². The second-order valence-electron chi connectivity index (χ2n) is 10.9. The van der Waals surface area contributed by atoms with E-state index in [1.54, 1.807) is 25.1 Å². The van der Waals surface area contributed by atoms with Crippen LogP contribution in [0.1, 0.15) is 34.8 Å². The summed E-state index contributed by atoms with van der Waals surface area (Å²) in [5.41, 5.74) is 3.81.